The number of rotatable bonds is 3. The zero-order valence-electron chi connectivity index (χ0n) is 15.0. The lowest BCUT2D eigenvalue weighted by atomic mass is 10.1. The number of barbiturate groups is 1. The molecule has 1 N–H and O–H groups in total. The number of urea groups is 1. The number of halogens is 1. The Morgan fingerprint density at radius 1 is 1.11 bits per heavy atom. The van der Waals surface area contributed by atoms with Crippen LogP contribution in [0.2, 0.25) is 5.02 Å². The molecule has 0 saturated carbocycles. The first-order chi connectivity index (χ1) is 13.3. The molecule has 0 bridgehead atoms. The summed E-state index contributed by atoms with van der Waals surface area (Å²) in [5.74, 6) is -2.08. The van der Waals surface area contributed by atoms with Crippen molar-refractivity contribution in [2.75, 3.05) is 12.0 Å². The van der Waals surface area contributed by atoms with Crippen LogP contribution in [0.1, 0.15) is 21.5 Å². The Morgan fingerprint density at radius 2 is 1.79 bits per heavy atom. The highest BCUT2D eigenvalue weighted by Crippen LogP contribution is 2.26. The molecule has 0 radical (unpaired) electrons. The minimum Gasteiger partial charge on any atom is -0.465 e. The molecular formula is C20H15ClN2O5. The van der Waals surface area contributed by atoms with Crippen molar-refractivity contribution in [1.29, 1.82) is 0 Å². The molecule has 4 amide bonds. The van der Waals surface area contributed by atoms with Crippen LogP contribution in [0.25, 0.3) is 6.08 Å². The molecule has 2 aromatic rings. The van der Waals surface area contributed by atoms with Crippen LogP contribution < -0.4 is 10.2 Å². The summed E-state index contributed by atoms with van der Waals surface area (Å²) in [7, 11) is 1.27. The number of anilines is 1. The Hall–Kier alpha value is -3.45. The quantitative estimate of drug-likeness (QED) is 0.487. The van der Waals surface area contributed by atoms with Crippen LogP contribution in [0.3, 0.4) is 0 Å². The number of hydrogen-bond donors (Lipinski definition) is 1. The summed E-state index contributed by atoms with van der Waals surface area (Å²) in [4.78, 5) is 49.6. The van der Waals surface area contributed by atoms with Gasteiger partial charge in [0.15, 0.2) is 0 Å². The van der Waals surface area contributed by atoms with Gasteiger partial charge in [0.05, 0.1) is 18.4 Å². The number of esters is 1. The van der Waals surface area contributed by atoms with Gasteiger partial charge in [0.25, 0.3) is 11.8 Å². The van der Waals surface area contributed by atoms with Gasteiger partial charge in [0, 0.05) is 5.02 Å². The molecule has 1 heterocycles. The highest BCUT2D eigenvalue weighted by atomic mass is 35.5. The molecule has 2 aromatic carbocycles. The molecule has 1 aliphatic heterocycles. The molecule has 0 unspecified atom stereocenters. The van der Waals surface area contributed by atoms with Gasteiger partial charge in [-0.1, -0.05) is 29.8 Å². The number of amides is 4. The number of aryl methyl sites for hydroxylation is 1. The van der Waals surface area contributed by atoms with Crippen molar-refractivity contribution in [3.05, 3.63) is 69.8 Å². The molecule has 28 heavy (non-hydrogen) atoms. The molecule has 0 atom stereocenters. The first kappa shape index (κ1) is 19.3. The zero-order valence-corrected chi connectivity index (χ0v) is 15.7. The topological polar surface area (TPSA) is 92.8 Å². The van der Waals surface area contributed by atoms with Gasteiger partial charge in [0.1, 0.15) is 5.57 Å². The minimum atomic E-state index is -0.854. The summed E-state index contributed by atoms with van der Waals surface area (Å²) in [6.07, 6.45) is 1.34. The Morgan fingerprint density at radius 3 is 2.39 bits per heavy atom. The van der Waals surface area contributed by atoms with Gasteiger partial charge < -0.3 is 4.74 Å². The number of ether oxygens (including phenoxy) is 1. The van der Waals surface area contributed by atoms with E-state index in [0.717, 1.165) is 10.5 Å². The van der Waals surface area contributed by atoms with Crippen LogP contribution in [0, 0.1) is 6.92 Å². The van der Waals surface area contributed by atoms with Crippen molar-refractivity contribution in [2.24, 2.45) is 0 Å². The first-order valence-corrected chi connectivity index (χ1v) is 8.55. The standard InChI is InChI=1S/C20H15ClN2O5/c1-11-3-8-14(10-16(11)21)23-18(25)15(17(24)22-20(23)27)9-12-4-6-13(7-5-12)19(26)28-2/h3-10H,1-2H3,(H,22,24,27)/b15-9-. The molecule has 0 spiro atoms. The average Bonchev–Trinajstić information content (AvgIpc) is 2.67. The van der Waals surface area contributed by atoms with Crippen LogP contribution in [-0.2, 0) is 14.3 Å². The fourth-order valence-corrected chi connectivity index (χ4v) is 2.79. The summed E-state index contributed by atoms with van der Waals surface area (Å²) in [5.41, 5.74) is 1.64. The van der Waals surface area contributed by atoms with Gasteiger partial charge in [-0.2, -0.15) is 0 Å². The summed E-state index contributed by atoms with van der Waals surface area (Å²) in [6, 6.07) is 9.99. The van der Waals surface area contributed by atoms with E-state index < -0.39 is 23.8 Å². The van der Waals surface area contributed by atoms with Crippen LogP contribution in [-0.4, -0.2) is 30.9 Å². The van der Waals surface area contributed by atoms with E-state index >= 15 is 0 Å². The molecule has 1 fully saturated rings. The van der Waals surface area contributed by atoms with E-state index in [9.17, 15) is 19.2 Å². The average molecular weight is 399 g/mol. The largest absolute Gasteiger partial charge is 0.465 e. The van der Waals surface area contributed by atoms with Gasteiger partial charge in [-0.05, 0) is 48.4 Å². The molecule has 0 aliphatic carbocycles. The number of carbonyl (C=O) groups excluding carboxylic acids is 4. The number of nitrogens with zero attached hydrogens (tertiary/aromatic N) is 1. The lowest BCUT2D eigenvalue weighted by Gasteiger charge is -2.26. The molecule has 7 nitrogen and oxygen atoms in total. The minimum absolute atomic E-state index is 0.220. The number of benzene rings is 2. The highest BCUT2D eigenvalue weighted by Gasteiger charge is 2.36. The van der Waals surface area contributed by atoms with Crippen molar-refractivity contribution in [2.45, 2.75) is 6.92 Å². The smallest absolute Gasteiger partial charge is 0.337 e. The van der Waals surface area contributed by atoms with E-state index in [1.54, 1.807) is 31.2 Å². The van der Waals surface area contributed by atoms with E-state index in [0.29, 0.717) is 16.1 Å². The third-order valence-electron chi connectivity index (χ3n) is 4.16. The zero-order chi connectivity index (χ0) is 20.4. The molecule has 0 aromatic heterocycles. The Labute approximate surface area is 165 Å². The summed E-state index contributed by atoms with van der Waals surface area (Å²) in [6.45, 7) is 1.79. The fraction of sp³-hybridized carbons (Fsp3) is 0.100. The lowest BCUT2D eigenvalue weighted by Crippen LogP contribution is -2.54. The number of nitrogens with one attached hydrogen (secondary N) is 1. The lowest BCUT2D eigenvalue weighted by molar-refractivity contribution is -0.122. The van der Waals surface area contributed by atoms with Gasteiger partial charge in [-0.15, -0.1) is 0 Å². The van der Waals surface area contributed by atoms with E-state index in [1.165, 1.54) is 31.4 Å². The van der Waals surface area contributed by atoms with Crippen LogP contribution in [0.4, 0.5) is 10.5 Å². The second-order valence-corrected chi connectivity index (χ2v) is 6.41. The number of hydrogen-bond acceptors (Lipinski definition) is 5. The maximum absolute atomic E-state index is 12.8. The van der Waals surface area contributed by atoms with Gasteiger partial charge in [-0.25, -0.2) is 14.5 Å². The second kappa shape index (κ2) is 7.66. The number of imide groups is 2. The molecular weight excluding hydrogens is 384 g/mol. The van der Waals surface area contributed by atoms with Crippen LogP contribution in [0.5, 0.6) is 0 Å². The van der Waals surface area contributed by atoms with Gasteiger partial charge in [-0.3, -0.25) is 14.9 Å². The van der Waals surface area contributed by atoms with E-state index in [1.807, 2.05) is 0 Å². The molecule has 8 heteroatoms. The van der Waals surface area contributed by atoms with Crippen molar-refractivity contribution < 1.29 is 23.9 Å². The van der Waals surface area contributed by atoms with Crippen molar-refractivity contribution in [1.82, 2.24) is 5.32 Å². The summed E-state index contributed by atoms with van der Waals surface area (Å²) >= 11 is 6.09. The maximum Gasteiger partial charge on any atom is 0.337 e. The molecule has 142 valence electrons. The van der Waals surface area contributed by atoms with Crippen LogP contribution in [0.15, 0.2) is 48.0 Å². The Kier molecular flexibility index (Phi) is 5.28. The normalized spacial score (nSPS) is 15.6. The number of carbonyl (C=O) groups is 4. The van der Waals surface area contributed by atoms with Crippen molar-refractivity contribution >= 4 is 47.2 Å². The summed E-state index contributed by atoms with van der Waals surface area (Å²) < 4.78 is 4.63. The van der Waals surface area contributed by atoms with Crippen molar-refractivity contribution in [3.63, 3.8) is 0 Å². The van der Waals surface area contributed by atoms with Gasteiger partial charge >= 0.3 is 12.0 Å². The SMILES string of the molecule is COC(=O)c1ccc(/C=C2/C(=O)NC(=O)N(c3ccc(C)c(Cl)c3)C2=O)cc1. The summed E-state index contributed by atoms with van der Waals surface area (Å²) in [5, 5.41) is 2.53. The highest BCUT2D eigenvalue weighted by molar-refractivity contribution is 6.39. The fourth-order valence-electron chi connectivity index (χ4n) is 2.61. The molecule has 1 saturated heterocycles. The third-order valence-corrected chi connectivity index (χ3v) is 4.57. The van der Waals surface area contributed by atoms with Crippen LogP contribution >= 0.6 is 11.6 Å². The monoisotopic (exact) mass is 398 g/mol. The van der Waals surface area contributed by atoms with E-state index in [4.69, 9.17) is 11.6 Å². The first-order valence-electron chi connectivity index (χ1n) is 8.18. The third kappa shape index (κ3) is 3.65. The predicted molar refractivity (Wildman–Crippen MR) is 103 cm³/mol. The Bertz CT molecular complexity index is 1030. The molecule has 1 aliphatic rings. The van der Waals surface area contributed by atoms with Crippen molar-refractivity contribution in [3.8, 4) is 0 Å². The maximum atomic E-state index is 12.8. The second-order valence-electron chi connectivity index (χ2n) is 6.00. The molecule has 3 rings (SSSR count). The Balaban J connectivity index is 1.96. The van der Waals surface area contributed by atoms with Gasteiger partial charge in [0.2, 0.25) is 0 Å². The predicted octanol–water partition coefficient (Wildman–Crippen LogP) is 3.10. The van der Waals surface area contributed by atoms with E-state index in [-0.39, 0.29) is 11.3 Å². The van der Waals surface area contributed by atoms with E-state index in [2.05, 4.69) is 10.1 Å². The number of methoxy groups -OCH3 is 1.